The Morgan fingerprint density at radius 2 is 1.91 bits per heavy atom. The van der Waals surface area contributed by atoms with Crippen molar-refractivity contribution < 1.29 is 18.7 Å². The molecule has 120 valence electrons. The molecule has 1 aromatic rings. The summed E-state index contributed by atoms with van der Waals surface area (Å²) >= 11 is 0. The zero-order valence-corrected chi connectivity index (χ0v) is 12.5. The molecule has 1 aromatic carbocycles. The number of hydrogen-bond donors (Lipinski definition) is 2. The first-order valence-corrected chi connectivity index (χ1v) is 7.20. The highest BCUT2D eigenvalue weighted by Crippen LogP contribution is 2.11. The van der Waals surface area contributed by atoms with Gasteiger partial charge in [-0.15, -0.1) is 0 Å². The van der Waals surface area contributed by atoms with Crippen molar-refractivity contribution in [2.75, 3.05) is 20.2 Å². The molecular weight excluding hydrogens is 289 g/mol. The number of likely N-dealkylation sites (tertiary alicyclic amines) is 1. The number of hydrogen-bond acceptors (Lipinski definition) is 3. The van der Waals surface area contributed by atoms with Gasteiger partial charge in [0.2, 0.25) is 0 Å². The zero-order chi connectivity index (χ0) is 15.9. The van der Waals surface area contributed by atoms with E-state index >= 15 is 0 Å². The molecule has 1 heterocycles. The van der Waals surface area contributed by atoms with E-state index in [1.807, 2.05) is 0 Å². The average Bonchev–Trinajstić information content (AvgIpc) is 2.54. The minimum atomic E-state index is -0.334. The van der Waals surface area contributed by atoms with Crippen LogP contribution in [0.3, 0.4) is 0 Å². The highest BCUT2D eigenvalue weighted by molar-refractivity contribution is 5.74. The minimum absolute atomic E-state index is 0.0362. The van der Waals surface area contributed by atoms with Crippen molar-refractivity contribution in [3.8, 4) is 0 Å². The van der Waals surface area contributed by atoms with Gasteiger partial charge in [-0.25, -0.2) is 14.0 Å². The first-order chi connectivity index (χ1) is 10.6. The maximum atomic E-state index is 12.8. The second-order valence-corrected chi connectivity index (χ2v) is 5.18. The normalized spacial score (nSPS) is 15.3. The van der Waals surface area contributed by atoms with Gasteiger partial charge in [0.15, 0.2) is 0 Å². The molecule has 0 radical (unpaired) electrons. The molecule has 2 N–H and O–H groups in total. The number of amides is 3. The number of urea groups is 1. The van der Waals surface area contributed by atoms with Crippen LogP contribution in [0.2, 0.25) is 0 Å². The molecule has 0 bridgehead atoms. The standard InChI is InChI=1S/C15H20FN3O3/c1-22-15(21)19-8-6-13(7-9-19)18-14(20)17-10-11-2-4-12(16)5-3-11/h2-5,13H,6-10H2,1H3,(H2,17,18,20). The number of piperidine rings is 1. The van der Waals surface area contributed by atoms with Crippen LogP contribution in [0.25, 0.3) is 0 Å². The second kappa shape index (κ2) is 7.63. The molecule has 22 heavy (non-hydrogen) atoms. The predicted octanol–water partition coefficient (Wildman–Crippen LogP) is 1.86. The summed E-state index contributed by atoms with van der Waals surface area (Å²) in [5.41, 5.74) is 0.831. The first kappa shape index (κ1) is 16.1. The lowest BCUT2D eigenvalue weighted by Gasteiger charge is -2.31. The number of nitrogens with one attached hydrogen (secondary N) is 2. The van der Waals surface area contributed by atoms with Crippen LogP contribution in [0, 0.1) is 5.82 Å². The Labute approximate surface area is 128 Å². The lowest BCUT2D eigenvalue weighted by Crippen LogP contribution is -2.49. The van der Waals surface area contributed by atoms with Crippen LogP contribution in [0.15, 0.2) is 24.3 Å². The van der Waals surface area contributed by atoms with Crippen molar-refractivity contribution in [3.63, 3.8) is 0 Å². The smallest absolute Gasteiger partial charge is 0.409 e. The van der Waals surface area contributed by atoms with E-state index in [0.29, 0.717) is 32.5 Å². The van der Waals surface area contributed by atoms with E-state index in [9.17, 15) is 14.0 Å². The molecule has 0 spiro atoms. The van der Waals surface area contributed by atoms with Gasteiger partial charge in [0.05, 0.1) is 7.11 Å². The molecule has 1 saturated heterocycles. The van der Waals surface area contributed by atoms with Crippen LogP contribution in [-0.4, -0.2) is 43.3 Å². The second-order valence-electron chi connectivity index (χ2n) is 5.18. The molecule has 0 aliphatic carbocycles. The lowest BCUT2D eigenvalue weighted by molar-refractivity contribution is 0.110. The molecule has 2 rings (SSSR count). The molecule has 0 saturated carbocycles. The van der Waals surface area contributed by atoms with Crippen LogP contribution >= 0.6 is 0 Å². The van der Waals surface area contributed by atoms with Gasteiger partial charge >= 0.3 is 12.1 Å². The third-order valence-electron chi connectivity index (χ3n) is 3.63. The molecule has 7 heteroatoms. The van der Waals surface area contributed by atoms with E-state index in [4.69, 9.17) is 0 Å². The van der Waals surface area contributed by atoms with Gasteiger partial charge in [0.25, 0.3) is 0 Å². The molecule has 0 atom stereocenters. The Hall–Kier alpha value is -2.31. The molecule has 1 fully saturated rings. The van der Waals surface area contributed by atoms with Crippen molar-refractivity contribution in [2.24, 2.45) is 0 Å². The number of rotatable bonds is 3. The third-order valence-corrected chi connectivity index (χ3v) is 3.63. The van der Waals surface area contributed by atoms with Gasteiger partial charge in [0, 0.05) is 25.7 Å². The van der Waals surface area contributed by atoms with Crippen molar-refractivity contribution in [1.29, 1.82) is 0 Å². The van der Waals surface area contributed by atoms with Crippen molar-refractivity contribution in [1.82, 2.24) is 15.5 Å². The summed E-state index contributed by atoms with van der Waals surface area (Å²) in [6.07, 6.45) is 1.05. The van der Waals surface area contributed by atoms with Crippen LogP contribution < -0.4 is 10.6 Å². The van der Waals surface area contributed by atoms with Crippen LogP contribution in [-0.2, 0) is 11.3 Å². The topological polar surface area (TPSA) is 70.7 Å². The summed E-state index contributed by atoms with van der Waals surface area (Å²) in [7, 11) is 1.36. The van der Waals surface area contributed by atoms with E-state index in [1.165, 1.54) is 19.2 Å². The Balaban J connectivity index is 1.69. The number of benzene rings is 1. The van der Waals surface area contributed by atoms with E-state index in [1.54, 1.807) is 17.0 Å². The van der Waals surface area contributed by atoms with Crippen molar-refractivity contribution in [3.05, 3.63) is 35.6 Å². The number of nitrogens with zero attached hydrogens (tertiary/aromatic N) is 1. The highest BCUT2D eigenvalue weighted by atomic mass is 19.1. The highest BCUT2D eigenvalue weighted by Gasteiger charge is 2.23. The maximum absolute atomic E-state index is 12.8. The van der Waals surface area contributed by atoms with Gasteiger partial charge in [-0.05, 0) is 30.5 Å². The van der Waals surface area contributed by atoms with Gasteiger partial charge in [0.1, 0.15) is 5.82 Å². The fourth-order valence-electron chi connectivity index (χ4n) is 2.36. The number of ether oxygens (including phenoxy) is 1. The average molecular weight is 309 g/mol. The molecule has 1 aliphatic heterocycles. The van der Waals surface area contributed by atoms with E-state index < -0.39 is 0 Å². The molecule has 0 aromatic heterocycles. The monoisotopic (exact) mass is 309 g/mol. The van der Waals surface area contributed by atoms with Gasteiger partial charge in [-0.2, -0.15) is 0 Å². The molecular formula is C15H20FN3O3. The lowest BCUT2D eigenvalue weighted by atomic mass is 10.1. The number of halogens is 1. The third kappa shape index (κ3) is 4.61. The van der Waals surface area contributed by atoms with E-state index in [-0.39, 0.29) is 24.0 Å². The Bertz CT molecular complexity index is 513. The minimum Gasteiger partial charge on any atom is -0.453 e. The van der Waals surface area contributed by atoms with Crippen molar-refractivity contribution in [2.45, 2.75) is 25.4 Å². The Morgan fingerprint density at radius 3 is 2.50 bits per heavy atom. The summed E-state index contributed by atoms with van der Waals surface area (Å²) in [4.78, 5) is 24.8. The fourth-order valence-corrected chi connectivity index (χ4v) is 2.36. The van der Waals surface area contributed by atoms with Crippen LogP contribution in [0.4, 0.5) is 14.0 Å². The summed E-state index contributed by atoms with van der Waals surface area (Å²) in [6, 6.07) is 5.75. The fraction of sp³-hybridized carbons (Fsp3) is 0.467. The molecule has 0 unspecified atom stereocenters. The van der Waals surface area contributed by atoms with Gasteiger partial charge in [-0.3, -0.25) is 0 Å². The van der Waals surface area contributed by atoms with Crippen LogP contribution in [0.1, 0.15) is 18.4 Å². The molecule has 6 nitrogen and oxygen atoms in total. The summed E-state index contributed by atoms with van der Waals surface area (Å²) in [5.74, 6) is -0.300. The quantitative estimate of drug-likeness (QED) is 0.895. The predicted molar refractivity (Wildman–Crippen MR) is 78.8 cm³/mol. The number of methoxy groups -OCH3 is 1. The Kier molecular flexibility index (Phi) is 5.57. The van der Waals surface area contributed by atoms with Gasteiger partial charge in [-0.1, -0.05) is 12.1 Å². The Morgan fingerprint density at radius 1 is 1.27 bits per heavy atom. The SMILES string of the molecule is COC(=O)N1CCC(NC(=O)NCc2ccc(F)cc2)CC1. The van der Waals surface area contributed by atoms with E-state index in [2.05, 4.69) is 15.4 Å². The summed E-state index contributed by atoms with van der Waals surface area (Å²) < 4.78 is 17.4. The number of carbonyl (C=O) groups excluding carboxylic acids is 2. The van der Waals surface area contributed by atoms with E-state index in [0.717, 1.165) is 5.56 Å². The summed E-state index contributed by atoms with van der Waals surface area (Å²) in [6.45, 7) is 1.47. The zero-order valence-electron chi connectivity index (χ0n) is 12.5. The van der Waals surface area contributed by atoms with Crippen LogP contribution in [0.5, 0.6) is 0 Å². The van der Waals surface area contributed by atoms with Gasteiger partial charge < -0.3 is 20.3 Å². The first-order valence-electron chi connectivity index (χ1n) is 7.20. The summed E-state index contributed by atoms with van der Waals surface area (Å²) in [5, 5.41) is 5.61. The number of carbonyl (C=O) groups is 2. The maximum Gasteiger partial charge on any atom is 0.409 e. The van der Waals surface area contributed by atoms with Crippen molar-refractivity contribution >= 4 is 12.1 Å². The largest absolute Gasteiger partial charge is 0.453 e. The molecule has 3 amide bonds. The molecule has 1 aliphatic rings.